The minimum Gasteiger partial charge on any atom is -0.493 e. The number of piperidine rings is 1. The van der Waals surface area contributed by atoms with Crippen molar-refractivity contribution in [2.45, 2.75) is 19.4 Å². The molecule has 1 aromatic heterocycles. The third-order valence-electron chi connectivity index (χ3n) is 4.73. The van der Waals surface area contributed by atoms with E-state index in [1.165, 1.54) is 6.26 Å². The van der Waals surface area contributed by atoms with Crippen molar-refractivity contribution in [2.24, 2.45) is 5.92 Å². The number of hydrogen-bond acceptors (Lipinski definition) is 5. The zero-order valence-corrected chi connectivity index (χ0v) is 15.6. The second-order valence-corrected chi connectivity index (χ2v) is 6.47. The number of hydrogen-bond donors (Lipinski definition) is 1. The van der Waals surface area contributed by atoms with Gasteiger partial charge in [0.05, 0.1) is 26.4 Å². The smallest absolute Gasteiger partial charge is 0.289 e. The van der Waals surface area contributed by atoms with Crippen molar-refractivity contribution < 1.29 is 23.5 Å². The normalized spacial score (nSPS) is 16.7. The van der Waals surface area contributed by atoms with Gasteiger partial charge in [0.1, 0.15) is 0 Å². The van der Waals surface area contributed by atoms with E-state index in [1.54, 1.807) is 31.3 Å². The highest BCUT2D eigenvalue weighted by Crippen LogP contribution is 2.27. The Bertz CT molecular complexity index is 788. The van der Waals surface area contributed by atoms with E-state index in [0.29, 0.717) is 36.9 Å². The summed E-state index contributed by atoms with van der Waals surface area (Å²) in [6, 6.07) is 8.86. The summed E-state index contributed by atoms with van der Waals surface area (Å²) in [4.78, 5) is 26.7. The predicted molar refractivity (Wildman–Crippen MR) is 98.7 cm³/mol. The lowest BCUT2D eigenvalue weighted by Crippen LogP contribution is -2.45. The monoisotopic (exact) mass is 372 g/mol. The van der Waals surface area contributed by atoms with E-state index in [2.05, 4.69) is 5.32 Å². The summed E-state index contributed by atoms with van der Waals surface area (Å²) in [5.74, 6) is 1.13. The van der Waals surface area contributed by atoms with Crippen LogP contribution >= 0.6 is 0 Å². The quantitative estimate of drug-likeness (QED) is 0.842. The first-order valence-electron chi connectivity index (χ1n) is 8.93. The number of ether oxygens (including phenoxy) is 2. The molecule has 27 heavy (non-hydrogen) atoms. The summed E-state index contributed by atoms with van der Waals surface area (Å²) in [6.45, 7) is 1.43. The molecule has 7 nitrogen and oxygen atoms in total. The average molecular weight is 372 g/mol. The molecule has 1 aliphatic heterocycles. The highest BCUT2D eigenvalue weighted by molar-refractivity contribution is 5.92. The number of carbonyl (C=O) groups excluding carboxylic acids is 2. The van der Waals surface area contributed by atoms with Crippen LogP contribution in [0.1, 0.15) is 29.0 Å². The maximum atomic E-state index is 12.6. The van der Waals surface area contributed by atoms with Crippen LogP contribution in [-0.2, 0) is 11.3 Å². The second-order valence-electron chi connectivity index (χ2n) is 6.47. The molecule has 1 N–H and O–H groups in total. The molecular weight excluding hydrogens is 348 g/mol. The van der Waals surface area contributed by atoms with Crippen molar-refractivity contribution >= 4 is 11.8 Å². The molecule has 0 spiro atoms. The highest BCUT2D eigenvalue weighted by Gasteiger charge is 2.29. The Morgan fingerprint density at radius 2 is 2.04 bits per heavy atom. The van der Waals surface area contributed by atoms with Crippen molar-refractivity contribution in [1.29, 1.82) is 0 Å². The number of amides is 2. The maximum Gasteiger partial charge on any atom is 0.289 e. The molecule has 0 radical (unpaired) electrons. The summed E-state index contributed by atoms with van der Waals surface area (Å²) in [7, 11) is 3.16. The van der Waals surface area contributed by atoms with Crippen molar-refractivity contribution in [3.63, 3.8) is 0 Å². The van der Waals surface area contributed by atoms with E-state index in [4.69, 9.17) is 13.9 Å². The van der Waals surface area contributed by atoms with Crippen molar-refractivity contribution in [3.05, 3.63) is 47.9 Å². The fourth-order valence-electron chi connectivity index (χ4n) is 3.26. The molecule has 7 heteroatoms. The molecule has 2 heterocycles. The van der Waals surface area contributed by atoms with Crippen LogP contribution < -0.4 is 14.8 Å². The molecule has 3 rings (SSSR count). The lowest BCUT2D eigenvalue weighted by atomic mass is 9.96. The molecule has 1 atom stereocenters. The standard InChI is InChI=1S/C20H24N2O5/c1-25-16-8-7-14(11-18(16)26-2)12-21-19(23)15-5-3-9-22(13-15)20(24)17-6-4-10-27-17/h4,6-8,10-11,15H,3,5,9,12-13H2,1-2H3,(H,21,23). The van der Waals surface area contributed by atoms with Gasteiger partial charge in [-0.1, -0.05) is 6.07 Å². The van der Waals surface area contributed by atoms with Gasteiger partial charge in [-0.2, -0.15) is 0 Å². The van der Waals surface area contributed by atoms with Crippen LogP contribution in [-0.4, -0.2) is 44.0 Å². The van der Waals surface area contributed by atoms with Gasteiger partial charge in [0, 0.05) is 19.6 Å². The van der Waals surface area contributed by atoms with Crippen LogP contribution in [0.15, 0.2) is 41.0 Å². The first-order valence-corrected chi connectivity index (χ1v) is 8.93. The number of furan rings is 1. The number of nitrogens with one attached hydrogen (secondary N) is 1. The zero-order valence-electron chi connectivity index (χ0n) is 15.6. The van der Waals surface area contributed by atoms with E-state index in [1.807, 2.05) is 18.2 Å². The SMILES string of the molecule is COc1ccc(CNC(=O)C2CCCN(C(=O)c3ccco3)C2)cc1OC. The average Bonchev–Trinajstić information content (AvgIpc) is 3.26. The molecular formula is C20H24N2O5. The number of likely N-dealkylation sites (tertiary alicyclic amines) is 1. The minimum absolute atomic E-state index is 0.0540. The first-order chi connectivity index (χ1) is 13.1. The molecule has 0 aliphatic carbocycles. The Hall–Kier alpha value is -2.96. The molecule has 0 bridgehead atoms. The van der Waals surface area contributed by atoms with Crippen LogP contribution in [0.5, 0.6) is 11.5 Å². The molecule has 0 saturated carbocycles. The van der Waals surface area contributed by atoms with Gasteiger partial charge < -0.3 is 24.1 Å². The third kappa shape index (κ3) is 4.42. The minimum atomic E-state index is -0.224. The van der Waals surface area contributed by atoms with Crippen molar-refractivity contribution in [3.8, 4) is 11.5 Å². The molecule has 2 amide bonds. The van der Waals surface area contributed by atoms with E-state index in [0.717, 1.165) is 18.4 Å². The summed E-state index contributed by atoms with van der Waals surface area (Å²) in [5, 5.41) is 2.95. The molecule has 1 saturated heterocycles. The molecule has 1 aromatic carbocycles. The summed E-state index contributed by atoms with van der Waals surface area (Å²) >= 11 is 0. The van der Waals surface area contributed by atoms with Crippen molar-refractivity contribution in [1.82, 2.24) is 10.2 Å². The van der Waals surface area contributed by atoms with Crippen molar-refractivity contribution in [2.75, 3.05) is 27.3 Å². The summed E-state index contributed by atoms with van der Waals surface area (Å²) in [6.07, 6.45) is 3.03. The van der Waals surface area contributed by atoms with Crippen LogP contribution in [0, 0.1) is 5.92 Å². The van der Waals surface area contributed by atoms with Gasteiger partial charge in [-0.15, -0.1) is 0 Å². The summed E-state index contributed by atoms with van der Waals surface area (Å²) in [5.41, 5.74) is 0.917. The Kier molecular flexibility index (Phi) is 6.01. The topological polar surface area (TPSA) is 81.0 Å². The fourth-order valence-corrected chi connectivity index (χ4v) is 3.26. The second kappa shape index (κ2) is 8.62. The zero-order chi connectivity index (χ0) is 19.2. The molecule has 144 valence electrons. The van der Waals surface area contributed by atoms with Gasteiger partial charge in [0.25, 0.3) is 5.91 Å². The van der Waals surface area contributed by atoms with Gasteiger partial charge in [0.15, 0.2) is 17.3 Å². The van der Waals surface area contributed by atoms with E-state index in [9.17, 15) is 9.59 Å². The van der Waals surface area contributed by atoms with Gasteiger partial charge in [0.2, 0.25) is 5.91 Å². The Morgan fingerprint density at radius 1 is 1.22 bits per heavy atom. The van der Waals surface area contributed by atoms with Gasteiger partial charge in [-0.05, 0) is 42.7 Å². The van der Waals surface area contributed by atoms with Gasteiger partial charge >= 0.3 is 0 Å². The Labute approximate surface area is 158 Å². The van der Waals surface area contributed by atoms with E-state index < -0.39 is 0 Å². The lowest BCUT2D eigenvalue weighted by Gasteiger charge is -2.31. The number of nitrogens with zero attached hydrogens (tertiary/aromatic N) is 1. The summed E-state index contributed by atoms with van der Waals surface area (Å²) < 4.78 is 15.7. The van der Waals surface area contributed by atoms with Crippen LogP contribution in [0.2, 0.25) is 0 Å². The molecule has 1 unspecified atom stereocenters. The molecule has 1 aliphatic rings. The molecule has 1 fully saturated rings. The number of rotatable bonds is 6. The first kappa shape index (κ1) is 18.8. The molecule has 2 aromatic rings. The van der Waals surface area contributed by atoms with Gasteiger partial charge in [-0.25, -0.2) is 0 Å². The van der Waals surface area contributed by atoms with Crippen LogP contribution in [0.25, 0.3) is 0 Å². The fraction of sp³-hybridized carbons (Fsp3) is 0.400. The largest absolute Gasteiger partial charge is 0.493 e. The predicted octanol–water partition coefficient (Wildman–Crippen LogP) is 2.47. The lowest BCUT2D eigenvalue weighted by molar-refractivity contribution is -0.126. The van der Waals surface area contributed by atoms with E-state index in [-0.39, 0.29) is 17.7 Å². The Morgan fingerprint density at radius 3 is 2.74 bits per heavy atom. The van der Waals surface area contributed by atoms with Crippen LogP contribution in [0.4, 0.5) is 0 Å². The third-order valence-corrected chi connectivity index (χ3v) is 4.73. The maximum absolute atomic E-state index is 12.6. The Balaban J connectivity index is 1.57. The van der Waals surface area contributed by atoms with E-state index >= 15 is 0 Å². The number of methoxy groups -OCH3 is 2. The van der Waals surface area contributed by atoms with Gasteiger partial charge in [-0.3, -0.25) is 9.59 Å². The number of carbonyl (C=O) groups is 2. The van der Waals surface area contributed by atoms with Crippen LogP contribution in [0.3, 0.4) is 0 Å². The highest BCUT2D eigenvalue weighted by atomic mass is 16.5. The number of benzene rings is 1.